The SMILES string of the molecule is COCCC[C@@H](NC(=O)[C@H]1CCCN1C(=O)[C@H](Cc1ccccc1)NC(=O)OCc1ccccc1)[B-]12OCCN1CCO2. The molecule has 3 saturated heterocycles. The van der Waals surface area contributed by atoms with Crippen LogP contribution in [0.25, 0.3) is 0 Å². The van der Waals surface area contributed by atoms with Gasteiger partial charge in [0, 0.05) is 39.9 Å². The fraction of sp³-hybridized carbons (Fsp3) is 0.516. The van der Waals surface area contributed by atoms with Gasteiger partial charge in [0.2, 0.25) is 11.8 Å². The number of carbonyl (C=O) groups excluding carboxylic acids is 3. The van der Waals surface area contributed by atoms with E-state index in [2.05, 4.69) is 15.4 Å². The van der Waals surface area contributed by atoms with Gasteiger partial charge in [0.15, 0.2) is 0 Å². The number of methoxy groups -OCH3 is 1. The normalized spacial score (nSPS) is 20.8. The minimum absolute atomic E-state index is 0.0861. The molecule has 43 heavy (non-hydrogen) atoms. The number of amides is 3. The molecule has 2 aromatic rings. The molecule has 0 aliphatic carbocycles. The van der Waals surface area contributed by atoms with E-state index in [4.69, 9.17) is 18.8 Å². The first kappa shape index (κ1) is 31.0. The van der Waals surface area contributed by atoms with Crippen LogP contribution >= 0.6 is 0 Å². The molecule has 232 valence electrons. The van der Waals surface area contributed by atoms with Crippen molar-refractivity contribution in [2.45, 2.75) is 56.7 Å². The Kier molecular flexibility index (Phi) is 10.7. The summed E-state index contributed by atoms with van der Waals surface area (Å²) in [4.78, 5) is 44.5. The quantitative estimate of drug-likeness (QED) is 0.268. The minimum atomic E-state index is -1.81. The third-order valence-corrected chi connectivity index (χ3v) is 8.60. The molecule has 3 fully saturated rings. The van der Waals surface area contributed by atoms with Crippen LogP contribution in [0.15, 0.2) is 60.7 Å². The molecule has 3 atom stereocenters. The highest BCUT2D eigenvalue weighted by Gasteiger charge is 2.49. The Labute approximate surface area is 253 Å². The lowest BCUT2D eigenvalue weighted by Gasteiger charge is -2.44. The summed E-state index contributed by atoms with van der Waals surface area (Å²) in [7, 11) is 1.65. The minimum Gasteiger partial charge on any atom is -0.553 e. The van der Waals surface area contributed by atoms with E-state index < -0.39 is 24.9 Å². The summed E-state index contributed by atoms with van der Waals surface area (Å²) in [6.45, 7) is 1.88. The Morgan fingerprint density at radius 3 is 2.30 bits per heavy atom. The van der Waals surface area contributed by atoms with Gasteiger partial charge in [-0.05, 0) is 49.4 Å². The van der Waals surface area contributed by atoms with Gasteiger partial charge in [-0.1, -0.05) is 67.1 Å². The Morgan fingerprint density at radius 1 is 0.953 bits per heavy atom. The van der Waals surface area contributed by atoms with Crippen LogP contribution in [0, 0.1) is 0 Å². The van der Waals surface area contributed by atoms with Crippen molar-refractivity contribution < 1.29 is 33.2 Å². The van der Waals surface area contributed by atoms with E-state index in [0.717, 1.165) is 30.6 Å². The monoisotopic (exact) mass is 593 g/mol. The van der Waals surface area contributed by atoms with Crippen LogP contribution in [0.5, 0.6) is 0 Å². The second-order valence-corrected chi connectivity index (χ2v) is 11.4. The number of benzene rings is 2. The van der Waals surface area contributed by atoms with Crippen LogP contribution in [-0.2, 0) is 41.4 Å². The van der Waals surface area contributed by atoms with Crippen LogP contribution in [0.3, 0.4) is 0 Å². The molecule has 3 aliphatic heterocycles. The van der Waals surface area contributed by atoms with Gasteiger partial charge >= 0.3 is 12.8 Å². The lowest BCUT2D eigenvalue weighted by Crippen LogP contribution is -2.65. The molecular weight excluding hydrogens is 551 g/mol. The maximum atomic E-state index is 14.0. The zero-order chi connectivity index (χ0) is 30.1. The van der Waals surface area contributed by atoms with Crippen LogP contribution < -0.4 is 10.6 Å². The Bertz CT molecular complexity index is 1210. The number of alkyl carbamates (subject to hydrolysis) is 1. The van der Waals surface area contributed by atoms with Gasteiger partial charge in [-0.2, -0.15) is 0 Å². The van der Waals surface area contributed by atoms with Crippen molar-refractivity contribution in [2.24, 2.45) is 0 Å². The van der Waals surface area contributed by atoms with E-state index in [1.54, 1.807) is 12.0 Å². The molecule has 11 nitrogen and oxygen atoms in total. The predicted molar refractivity (Wildman–Crippen MR) is 161 cm³/mol. The first-order chi connectivity index (χ1) is 21.0. The highest BCUT2D eigenvalue weighted by molar-refractivity contribution is 6.67. The van der Waals surface area contributed by atoms with E-state index in [1.807, 2.05) is 60.7 Å². The Balaban J connectivity index is 1.28. The summed E-state index contributed by atoms with van der Waals surface area (Å²) in [5, 5.41) is 5.99. The fourth-order valence-electron chi connectivity index (χ4n) is 6.47. The molecule has 0 radical (unpaired) electrons. The molecule has 3 heterocycles. The number of fused-ring (bicyclic) bond motifs is 1. The van der Waals surface area contributed by atoms with Gasteiger partial charge in [0.05, 0.1) is 0 Å². The molecule has 3 amide bonds. The molecule has 0 unspecified atom stereocenters. The molecule has 0 bridgehead atoms. The van der Waals surface area contributed by atoms with Gasteiger partial charge in [0.1, 0.15) is 18.7 Å². The number of carbonyl (C=O) groups is 3. The lowest BCUT2D eigenvalue weighted by atomic mass is 9.60. The van der Waals surface area contributed by atoms with Crippen LogP contribution in [0.4, 0.5) is 4.79 Å². The van der Waals surface area contributed by atoms with Crippen LogP contribution in [0.1, 0.15) is 36.8 Å². The second kappa shape index (κ2) is 14.8. The zero-order valence-corrected chi connectivity index (χ0v) is 24.8. The maximum absolute atomic E-state index is 14.0. The van der Waals surface area contributed by atoms with Gasteiger partial charge < -0.3 is 39.1 Å². The molecular formula is C31H42BN4O7-. The van der Waals surface area contributed by atoms with Crippen molar-refractivity contribution >= 4 is 24.6 Å². The van der Waals surface area contributed by atoms with Crippen molar-refractivity contribution in [1.29, 1.82) is 0 Å². The average molecular weight is 594 g/mol. The first-order valence-corrected chi connectivity index (χ1v) is 15.3. The number of nitrogens with one attached hydrogen (secondary N) is 2. The first-order valence-electron chi connectivity index (χ1n) is 15.3. The van der Waals surface area contributed by atoms with E-state index in [-0.39, 0.29) is 30.8 Å². The Morgan fingerprint density at radius 2 is 1.63 bits per heavy atom. The predicted octanol–water partition coefficient (Wildman–Crippen LogP) is 2.27. The number of likely N-dealkylation sites (tertiary alicyclic amines) is 1. The standard InChI is InChI=1S/C31H42BN4O7/c1-40-19-9-15-28(32-35(17-20-42-32)18-21-43-32)34-29(37)27-14-8-16-36(27)30(38)26(22-24-10-4-2-5-11-24)33-31(39)41-23-25-12-6-3-7-13-25/h2-7,10-13,26-28H,8-9,14-23H2,1H3,(H,33,39)(H,34,37)/q-1/t26-,27+,28+/m0/s1. The summed E-state index contributed by atoms with van der Waals surface area (Å²) in [6.07, 6.45) is 2.16. The van der Waals surface area contributed by atoms with E-state index in [9.17, 15) is 14.4 Å². The average Bonchev–Trinajstić information content (AvgIpc) is 3.77. The summed E-state index contributed by atoms with van der Waals surface area (Å²) >= 11 is 0. The number of hydrogen-bond acceptors (Lipinski definition) is 8. The van der Waals surface area contributed by atoms with Crippen molar-refractivity contribution in [3.63, 3.8) is 0 Å². The Hall–Kier alpha value is -3.45. The van der Waals surface area contributed by atoms with E-state index >= 15 is 0 Å². The highest BCUT2D eigenvalue weighted by atomic mass is 16.6. The third kappa shape index (κ3) is 7.56. The highest BCUT2D eigenvalue weighted by Crippen LogP contribution is 2.31. The van der Waals surface area contributed by atoms with Gasteiger partial charge in [-0.15, -0.1) is 0 Å². The van der Waals surface area contributed by atoms with Crippen molar-refractivity contribution in [2.75, 3.05) is 46.6 Å². The second-order valence-electron chi connectivity index (χ2n) is 11.4. The van der Waals surface area contributed by atoms with Crippen molar-refractivity contribution in [3.8, 4) is 0 Å². The number of ether oxygens (including phenoxy) is 2. The maximum Gasteiger partial charge on any atom is 0.408 e. The smallest absolute Gasteiger partial charge is 0.408 e. The van der Waals surface area contributed by atoms with Gasteiger partial charge in [0.25, 0.3) is 0 Å². The van der Waals surface area contributed by atoms with Crippen molar-refractivity contribution in [1.82, 2.24) is 20.3 Å². The molecule has 12 heteroatoms. The van der Waals surface area contributed by atoms with E-state index in [0.29, 0.717) is 45.6 Å². The van der Waals surface area contributed by atoms with Gasteiger partial charge in [-0.3, -0.25) is 9.59 Å². The molecule has 0 aromatic heterocycles. The van der Waals surface area contributed by atoms with E-state index in [1.165, 1.54) is 0 Å². The molecule has 5 rings (SSSR count). The molecule has 0 saturated carbocycles. The molecule has 2 N–H and O–H groups in total. The number of nitrogens with zero attached hydrogens (tertiary/aromatic N) is 2. The van der Waals surface area contributed by atoms with Gasteiger partial charge in [-0.25, -0.2) is 4.79 Å². The number of hydrogen-bond donors (Lipinski definition) is 2. The molecule has 0 spiro atoms. The van der Waals surface area contributed by atoms with Crippen LogP contribution in [-0.4, -0.2) is 98.9 Å². The fourth-order valence-corrected chi connectivity index (χ4v) is 6.47. The van der Waals surface area contributed by atoms with Crippen LogP contribution in [0.2, 0.25) is 0 Å². The molecule has 3 aliphatic rings. The summed E-state index contributed by atoms with van der Waals surface area (Å²) in [5.41, 5.74) is 1.73. The lowest BCUT2D eigenvalue weighted by molar-refractivity contribution is -0.140. The topological polar surface area (TPSA) is 119 Å². The summed E-state index contributed by atoms with van der Waals surface area (Å²) in [5.74, 6) is -0.911. The summed E-state index contributed by atoms with van der Waals surface area (Å²) in [6, 6.07) is 17.3. The number of rotatable bonds is 13. The largest absolute Gasteiger partial charge is 0.553 e. The van der Waals surface area contributed by atoms with Crippen molar-refractivity contribution in [3.05, 3.63) is 71.8 Å². The molecule has 2 aromatic carbocycles. The third-order valence-electron chi connectivity index (χ3n) is 8.60. The zero-order valence-electron chi connectivity index (χ0n) is 24.8. The summed E-state index contributed by atoms with van der Waals surface area (Å²) < 4.78 is 23.0.